The van der Waals surface area contributed by atoms with E-state index in [2.05, 4.69) is 41.5 Å². The normalized spacial score (nSPS) is 13.3. The van der Waals surface area contributed by atoms with Crippen molar-refractivity contribution < 1.29 is 4.79 Å². The van der Waals surface area contributed by atoms with Crippen molar-refractivity contribution in [2.45, 2.75) is 45.2 Å². The van der Waals surface area contributed by atoms with E-state index >= 15 is 0 Å². The lowest BCUT2D eigenvalue weighted by Crippen LogP contribution is -2.51. The van der Waals surface area contributed by atoms with Crippen LogP contribution in [0.4, 0.5) is 0 Å². The van der Waals surface area contributed by atoms with Gasteiger partial charge in [0.25, 0.3) is 0 Å². The fourth-order valence-corrected chi connectivity index (χ4v) is 2.36. The lowest BCUT2D eigenvalue weighted by Gasteiger charge is -2.23. The van der Waals surface area contributed by atoms with E-state index in [0.29, 0.717) is 13.0 Å². The summed E-state index contributed by atoms with van der Waals surface area (Å²) in [5, 5.41) is 2.94. The topological polar surface area (TPSA) is 58.4 Å². The molecule has 3 N–H and O–H groups in total. The number of rotatable bonds is 9. The van der Waals surface area contributed by atoms with Gasteiger partial charge < -0.3 is 16.0 Å². The molecule has 0 aliphatic rings. The van der Waals surface area contributed by atoms with E-state index in [1.54, 1.807) is 6.92 Å². The molecule has 0 spiro atoms. The number of carbonyl (C=O) groups excluding carboxylic acids is 1. The average Bonchev–Trinajstić information content (AvgIpc) is 2.44. The van der Waals surface area contributed by atoms with Gasteiger partial charge in [0.15, 0.2) is 0 Å². The maximum Gasteiger partial charge on any atom is 0.239 e. The fourth-order valence-electron chi connectivity index (χ4n) is 2.36. The van der Waals surface area contributed by atoms with Gasteiger partial charge in [-0.2, -0.15) is 0 Å². The molecule has 22 heavy (non-hydrogen) atoms. The van der Waals surface area contributed by atoms with E-state index in [1.807, 2.05) is 13.0 Å². The Balaban J connectivity index is 0.00000441. The molecule has 0 aliphatic heterocycles. The second kappa shape index (κ2) is 10.6. The van der Waals surface area contributed by atoms with Gasteiger partial charge in [-0.15, -0.1) is 12.4 Å². The zero-order valence-corrected chi connectivity index (χ0v) is 14.8. The molecule has 0 saturated heterocycles. The SMILES string of the molecule is CCCC(C)(N)C(=O)NCCCN(C)Cc1ccccc1.Cl. The number of nitrogens with two attached hydrogens (primary N) is 1. The number of amides is 1. The summed E-state index contributed by atoms with van der Waals surface area (Å²) < 4.78 is 0. The first kappa shape index (κ1) is 20.9. The molecule has 0 heterocycles. The number of hydrogen-bond donors (Lipinski definition) is 2. The summed E-state index contributed by atoms with van der Waals surface area (Å²) in [4.78, 5) is 14.2. The zero-order chi connectivity index (χ0) is 15.7. The van der Waals surface area contributed by atoms with Crippen LogP contribution < -0.4 is 11.1 Å². The van der Waals surface area contributed by atoms with Gasteiger partial charge in [-0.05, 0) is 38.9 Å². The fraction of sp³-hybridized carbons (Fsp3) is 0.588. The van der Waals surface area contributed by atoms with E-state index in [1.165, 1.54) is 5.56 Å². The Hall–Kier alpha value is -1.10. The molecule has 1 aromatic rings. The van der Waals surface area contributed by atoms with Crippen molar-refractivity contribution in [3.05, 3.63) is 35.9 Å². The molecular formula is C17H30ClN3O. The van der Waals surface area contributed by atoms with Crippen LogP contribution in [-0.4, -0.2) is 36.5 Å². The number of benzene rings is 1. The van der Waals surface area contributed by atoms with E-state index in [9.17, 15) is 4.79 Å². The van der Waals surface area contributed by atoms with Crippen molar-refractivity contribution in [3.63, 3.8) is 0 Å². The van der Waals surface area contributed by atoms with Gasteiger partial charge in [-0.3, -0.25) is 4.79 Å². The van der Waals surface area contributed by atoms with Crippen LogP contribution in [0.15, 0.2) is 30.3 Å². The maximum atomic E-state index is 11.9. The van der Waals surface area contributed by atoms with Gasteiger partial charge in [0.2, 0.25) is 5.91 Å². The van der Waals surface area contributed by atoms with Gasteiger partial charge in [-0.25, -0.2) is 0 Å². The van der Waals surface area contributed by atoms with E-state index in [4.69, 9.17) is 5.73 Å². The Morgan fingerprint density at radius 3 is 2.55 bits per heavy atom. The van der Waals surface area contributed by atoms with Crippen LogP contribution in [0.2, 0.25) is 0 Å². The van der Waals surface area contributed by atoms with E-state index in [0.717, 1.165) is 25.9 Å². The van der Waals surface area contributed by atoms with Crippen LogP contribution in [0.5, 0.6) is 0 Å². The second-order valence-corrected chi connectivity index (χ2v) is 6.00. The first-order chi connectivity index (χ1) is 9.95. The van der Waals surface area contributed by atoms with Crippen molar-refractivity contribution in [2.24, 2.45) is 5.73 Å². The molecule has 4 nitrogen and oxygen atoms in total. The molecule has 1 unspecified atom stereocenters. The van der Waals surface area contributed by atoms with Crippen LogP contribution in [-0.2, 0) is 11.3 Å². The third kappa shape index (κ3) is 7.78. The summed E-state index contributed by atoms with van der Waals surface area (Å²) in [5.74, 6) is -0.0462. The second-order valence-electron chi connectivity index (χ2n) is 6.00. The molecule has 1 amide bonds. The maximum absolute atomic E-state index is 11.9. The average molecular weight is 328 g/mol. The Morgan fingerprint density at radius 1 is 1.32 bits per heavy atom. The lowest BCUT2D eigenvalue weighted by atomic mass is 9.96. The molecule has 0 radical (unpaired) electrons. The highest BCUT2D eigenvalue weighted by atomic mass is 35.5. The Bertz CT molecular complexity index is 423. The monoisotopic (exact) mass is 327 g/mol. The molecule has 1 rings (SSSR count). The van der Waals surface area contributed by atoms with Crippen molar-refractivity contribution in [1.82, 2.24) is 10.2 Å². The summed E-state index contributed by atoms with van der Waals surface area (Å²) in [6.45, 7) is 6.39. The lowest BCUT2D eigenvalue weighted by molar-refractivity contribution is -0.126. The number of nitrogens with one attached hydrogen (secondary N) is 1. The third-order valence-electron chi connectivity index (χ3n) is 3.59. The highest BCUT2D eigenvalue weighted by molar-refractivity contribution is 5.85. The minimum absolute atomic E-state index is 0. The zero-order valence-electron chi connectivity index (χ0n) is 14.0. The molecule has 5 heteroatoms. The molecule has 0 saturated carbocycles. The number of carbonyl (C=O) groups is 1. The van der Waals surface area contributed by atoms with Gasteiger partial charge in [0.05, 0.1) is 5.54 Å². The third-order valence-corrected chi connectivity index (χ3v) is 3.59. The quantitative estimate of drug-likeness (QED) is 0.685. The van der Waals surface area contributed by atoms with Crippen molar-refractivity contribution in [3.8, 4) is 0 Å². The Labute approximate surface area is 140 Å². The molecule has 1 aromatic carbocycles. The van der Waals surface area contributed by atoms with Crippen LogP contribution in [0, 0.1) is 0 Å². The van der Waals surface area contributed by atoms with Crippen molar-refractivity contribution >= 4 is 18.3 Å². The summed E-state index contributed by atoms with van der Waals surface area (Å²) >= 11 is 0. The van der Waals surface area contributed by atoms with E-state index < -0.39 is 5.54 Å². The first-order valence-corrected chi connectivity index (χ1v) is 7.75. The minimum atomic E-state index is -0.745. The predicted molar refractivity (Wildman–Crippen MR) is 95.2 cm³/mol. The first-order valence-electron chi connectivity index (χ1n) is 7.75. The largest absolute Gasteiger partial charge is 0.354 e. The molecule has 0 aliphatic carbocycles. The number of hydrogen-bond acceptors (Lipinski definition) is 3. The summed E-state index contributed by atoms with van der Waals surface area (Å²) in [7, 11) is 2.10. The molecule has 0 bridgehead atoms. The van der Waals surface area contributed by atoms with Crippen molar-refractivity contribution in [1.29, 1.82) is 0 Å². The van der Waals surface area contributed by atoms with Crippen molar-refractivity contribution in [2.75, 3.05) is 20.1 Å². The standard InChI is InChI=1S/C17H29N3O.ClH/c1-4-11-17(2,18)16(21)19-12-8-13-20(3)14-15-9-6-5-7-10-15;/h5-7,9-10H,4,8,11-14,18H2,1-3H3,(H,19,21);1H. The minimum Gasteiger partial charge on any atom is -0.354 e. The molecular weight excluding hydrogens is 298 g/mol. The highest BCUT2D eigenvalue weighted by Crippen LogP contribution is 2.08. The van der Waals surface area contributed by atoms with Crippen LogP contribution in [0.25, 0.3) is 0 Å². The molecule has 1 atom stereocenters. The molecule has 126 valence electrons. The van der Waals surface area contributed by atoms with E-state index in [-0.39, 0.29) is 18.3 Å². The summed E-state index contributed by atoms with van der Waals surface area (Å²) in [5.41, 5.74) is 6.55. The highest BCUT2D eigenvalue weighted by Gasteiger charge is 2.26. The molecule has 0 aromatic heterocycles. The Morgan fingerprint density at radius 2 is 1.95 bits per heavy atom. The van der Waals surface area contributed by atoms with Crippen LogP contribution in [0.3, 0.4) is 0 Å². The summed E-state index contributed by atoms with van der Waals surface area (Å²) in [6.07, 6.45) is 2.56. The van der Waals surface area contributed by atoms with Gasteiger partial charge in [-0.1, -0.05) is 43.7 Å². The number of halogens is 1. The van der Waals surface area contributed by atoms with Crippen LogP contribution in [0.1, 0.15) is 38.7 Å². The van der Waals surface area contributed by atoms with Gasteiger partial charge in [0.1, 0.15) is 0 Å². The molecule has 0 fully saturated rings. The summed E-state index contributed by atoms with van der Waals surface area (Å²) in [6, 6.07) is 10.4. The smallest absolute Gasteiger partial charge is 0.239 e. The predicted octanol–water partition coefficient (Wildman–Crippen LogP) is 2.56. The van der Waals surface area contributed by atoms with Crippen LogP contribution >= 0.6 is 12.4 Å². The Kier molecular flexibility index (Phi) is 10.1. The van der Waals surface area contributed by atoms with Gasteiger partial charge >= 0.3 is 0 Å². The number of nitrogens with zero attached hydrogens (tertiary/aromatic N) is 1. The van der Waals surface area contributed by atoms with Gasteiger partial charge in [0, 0.05) is 13.1 Å².